The zero-order valence-electron chi connectivity index (χ0n) is 18.2. The standard InChI is InChI=1S/C23H25FN4O3S/c1-15(2)28-21(8-10-25-28)20-13-17(12-19(26-20)16-4-6-18(24)7-5-16)22(29)27-23(3)9-11-32(30,31)14-23/h4-8,10,12-13,15H,9,11,14H2,1-3H3,(H,27,29). The first-order valence-corrected chi connectivity index (χ1v) is 12.2. The first kappa shape index (κ1) is 22.1. The van der Waals surface area contributed by atoms with Crippen molar-refractivity contribution in [3.63, 3.8) is 0 Å². The highest BCUT2D eigenvalue weighted by molar-refractivity contribution is 7.91. The Morgan fingerprint density at radius 3 is 2.47 bits per heavy atom. The van der Waals surface area contributed by atoms with Gasteiger partial charge in [-0.3, -0.25) is 9.48 Å². The van der Waals surface area contributed by atoms with Gasteiger partial charge in [-0.1, -0.05) is 0 Å². The molecule has 0 spiro atoms. The third kappa shape index (κ3) is 4.57. The van der Waals surface area contributed by atoms with Gasteiger partial charge in [-0.25, -0.2) is 17.8 Å². The zero-order chi connectivity index (χ0) is 23.1. The molecule has 1 atom stereocenters. The van der Waals surface area contributed by atoms with Crippen LogP contribution in [0.5, 0.6) is 0 Å². The lowest BCUT2D eigenvalue weighted by atomic mass is 10.0. The summed E-state index contributed by atoms with van der Waals surface area (Å²) < 4.78 is 39.1. The molecule has 2 aromatic heterocycles. The monoisotopic (exact) mass is 456 g/mol. The van der Waals surface area contributed by atoms with Crippen molar-refractivity contribution in [2.24, 2.45) is 0 Å². The second kappa shape index (κ2) is 8.12. The van der Waals surface area contributed by atoms with Gasteiger partial charge < -0.3 is 5.32 Å². The smallest absolute Gasteiger partial charge is 0.251 e. The van der Waals surface area contributed by atoms with Crippen molar-refractivity contribution >= 4 is 15.7 Å². The highest BCUT2D eigenvalue weighted by Gasteiger charge is 2.39. The van der Waals surface area contributed by atoms with Gasteiger partial charge in [0.25, 0.3) is 5.91 Å². The van der Waals surface area contributed by atoms with E-state index in [4.69, 9.17) is 4.98 Å². The van der Waals surface area contributed by atoms with Crippen molar-refractivity contribution in [2.75, 3.05) is 11.5 Å². The molecule has 1 N–H and O–H groups in total. The molecule has 3 heterocycles. The minimum atomic E-state index is -3.17. The number of carbonyl (C=O) groups is 1. The first-order valence-electron chi connectivity index (χ1n) is 10.4. The Morgan fingerprint density at radius 1 is 1.16 bits per heavy atom. The van der Waals surface area contributed by atoms with Crippen molar-refractivity contribution in [2.45, 2.75) is 38.8 Å². The maximum atomic E-state index is 13.4. The van der Waals surface area contributed by atoms with Crippen LogP contribution in [0.15, 0.2) is 48.7 Å². The molecule has 9 heteroatoms. The van der Waals surface area contributed by atoms with E-state index in [1.54, 1.807) is 37.4 Å². The number of aromatic nitrogens is 3. The summed E-state index contributed by atoms with van der Waals surface area (Å²) in [6.45, 7) is 5.73. The molecule has 0 bridgehead atoms. The number of nitrogens with zero attached hydrogens (tertiary/aromatic N) is 3. The van der Waals surface area contributed by atoms with Gasteiger partial charge in [0.2, 0.25) is 0 Å². The molecule has 1 aromatic carbocycles. The van der Waals surface area contributed by atoms with Crippen molar-refractivity contribution in [1.82, 2.24) is 20.1 Å². The summed E-state index contributed by atoms with van der Waals surface area (Å²) in [4.78, 5) is 17.9. The van der Waals surface area contributed by atoms with E-state index in [1.807, 2.05) is 24.6 Å². The van der Waals surface area contributed by atoms with Crippen molar-refractivity contribution in [3.05, 3.63) is 60.0 Å². The molecule has 3 aromatic rings. The first-order chi connectivity index (χ1) is 15.1. The maximum Gasteiger partial charge on any atom is 0.251 e. The molecule has 1 fully saturated rings. The second-order valence-corrected chi connectivity index (χ2v) is 10.9. The van der Waals surface area contributed by atoms with Crippen LogP contribution in [-0.2, 0) is 9.84 Å². The van der Waals surface area contributed by atoms with Gasteiger partial charge >= 0.3 is 0 Å². The molecule has 32 heavy (non-hydrogen) atoms. The van der Waals surface area contributed by atoms with Crippen molar-refractivity contribution in [1.29, 1.82) is 0 Å². The van der Waals surface area contributed by atoms with Gasteiger partial charge in [0, 0.05) is 23.4 Å². The zero-order valence-corrected chi connectivity index (χ0v) is 19.0. The van der Waals surface area contributed by atoms with E-state index >= 15 is 0 Å². The summed E-state index contributed by atoms with van der Waals surface area (Å²) in [6.07, 6.45) is 2.04. The van der Waals surface area contributed by atoms with Gasteiger partial charge in [-0.2, -0.15) is 5.10 Å². The molecule has 1 saturated heterocycles. The molecule has 1 aliphatic heterocycles. The Labute approximate surface area is 186 Å². The number of carbonyl (C=O) groups excluding carboxylic acids is 1. The third-order valence-corrected chi connectivity index (χ3v) is 7.47. The number of hydrogen-bond donors (Lipinski definition) is 1. The van der Waals surface area contributed by atoms with Crippen LogP contribution in [0.4, 0.5) is 4.39 Å². The fraction of sp³-hybridized carbons (Fsp3) is 0.348. The van der Waals surface area contributed by atoms with Crippen LogP contribution in [-0.4, -0.2) is 46.1 Å². The quantitative estimate of drug-likeness (QED) is 0.633. The SMILES string of the molecule is CC(C)n1nccc1-c1cc(C(=O)NC2(C)CCS(=O)(=O)C2)cc(-c2ccc(F)cc2)n1. The van der Waals surface area contributed by atoms with E-state index in [9.17, 15) is 17.6 Å². The summed E-state index contributed by atoms with van der Waals surface area (Å²) in [6, 6.07) is 11.1. The van der Waals surface area contributed by atoms with E-state index in [-0.39, 0.29) is 29.3 Å². The minimum absolute atomic E-state index is 0.0553. The molecule has 0 saturated carbocycles. The van der Waals surface area contributed by atoms with E-state index in [1.165, 1.54) is 12.1 Å². The summed E-state index contributed by atoms with van der Waals surface area (Å²) in [5, 5.41) is 7.25. The van der Waals surface area contributed by atoms with Crippen LogP contribution < -0.4 is 5.32 Å². The number of benzene rings is 1. The van der Waals surface area contributed by atoms with E-state index in [0.717, 1.165) is 5.69 Å². The van der Waals surface area contributed by atoms with Gasteiger partial charge in [-0.15, -0.1) is 0 Å². The van der Waals surface area contributed by atoms with Crippen LogP contribution in [0.25, 0.3) is 22.6 Å². The van der Waals surface area contributed by atoms with E-state index in [2.05, 4.69) is 10.4 Å². The number of hydrogen-bond acceptors (Lipinski definition) is 5. The van der Waals surface area contributed by atoms with Crippen LogP contribution in [0, 0.1) is 5.82 Å². The number of halogens is 1. The highest BCUT2D eigenvalue weighted by Crippen LogP contribution is 2.28. The van der Waals surface area contributed by atoms with Crippen molar-refractivity contribution < 1.29 is 17.6 Å². The summed E-state index contributed by atoms with van der Waals surface area (Å²) in [5.41, 5.74) is 1.98. The predicted molar refractivity (Wildman–Crippen MR) is 120 cm³/mol. The Bertz CT molecular complexity index is 1270. The van der Waals surface area contributed by atoms with Crippen LogP contribution in [0.2, 0.25) is 0 Å². The van der Waals surface area contributed by atoms with Gasteiger partial charge in [0.15, 0.2) is 9.84 Å². The summed E-state index contributed by atoms with van der Waals surface area (Å²) in [5.74, 6) is -0.780. The van der Waals surface area contributed by atoms with Gasteiger partial charge in [0.05, 0.1) is 34.1 Å². The predicted octanol–water partition coefficient (Wildman–Crippen LogP) is 3.64. The molecule has 1 amide bonds. The maximum absolute atomic E-state index is 13.4. The lowest BCUT2D eigenvalue weighted by molar-refractivity contribution is 0.0915. The molecule has 0 aliphatic carbocycles. The summed E-state index contributed by atoms with van der Waals surface area (Å²) >= 11 is 0. The van der Waals surface area contributed by atoms with Crippen LogP contribution >= 0.6 is 0 Å². The number of pyridine rings is 1. The van der Waals surface area contributed by atoms with Gasteiger partial charge in [-0.05, 0) is 69.7 Å². The summed E-state index contributed by atoms with van der Waals surface area (Å²) in [7, 11) is -3.17. The van der Waals surface area contributed by atoms with Gasteiger partial charge in [0.1, 0.15) is 5.82 Å². The number of sulfone groups is 1. The molecular weight excluding hydrogens is 431 g/mol. The van der Waals surface area contributed by atoms with E-state index in [0.29, 0.717) is 28.9 Å². The number of rotatable bonds is 5. The minimum Gasteiger partial charge on any atom is -0.346 e. The van der Waals surface area contributed by atoms with E-state index < -0.39 is 15.4 Å². The fourth-order valence-electron chi connectivity index (χ4n) is 3.95. The number of amides is 1. The molecule has 168 valence electrons. The molecule has 1 unspecified atom stereocenters. The molecule has 1 aliphatic rings. The molecule has 7 nitrogen and oxygen atoms in total. The fourth-order valence-corrected chi connectivity index (χ4v) is 6.04. The second-order valence-electron chi connectivity index (χ2n) is 8.74. The molecule has 4 rings (SSSR count). The average molecular weight is 457 g/mol. The number of nitrogens with one attached hydrogen (secondary N) is 1. The normalized spacial score (nSPS) is 19.9. The Hall–Kier alpha value is -3.07. The molecule has 0 radical (unpaired) electrons. The molecular formula is C23H25FN4O3S. The highest BCUT2D eigenvalue weighted by atomic mass is 32.2. The Morgan fingerprint density at radius 2 is 1.84 bits per heavy atom. The van der Waals surface area contributed by atoms with Crippen LogP contribution in [0.3, 0.4) is 0 Å². The topological polar surface area (TPSA) is 94.0 Å². The largest absolute Gasteiger partial charge is 0.346 e. The lowest BCUT2D eigenvalue weighted by Crippen LogP contribution is -2.46. The lowest BCUT2D eigenvalue weighted by Gasteiger charge is -2.24. The Balaban J connectivity index is 1.77. The van der Waals surface area contributed by atoms with Crippen LogP contribution in [0.1, 0.15) is 43.6 Å². The third-order valence-electron chi connectivity index (χ3n) is 5.57. The van der Waals surface area contributed by atoms with Crippen molar-refractivity contribution in [3.8, 4) is 22.6 Å². The Kier molecular flexibility index (Phi) is 5.62. The average Bonchev–Trinajstić information content (AvgIpc) is 3.32.